The first kappa shape index (κ1) is 19.2. The molecule has 2 aromatic rings. The van der Waals surface area contributed by atoms with Gasteiger partial charge in [-0.1, -0.05) is 30.6 Å². The van der Waals surface area contributed by atoms with Crippen molar-refractivity contribution in [2.45, 2.75) is 25.8 Å². The zero-order valence-corrected chi connectivity index (χ0v) is 15.8. The van der Waals surface area contributed by atoms with Gasteiger partial charge in [0.15, 0.2) is 0 Å². The molecule has 0 aliphatic heterocycles. The topological polar surface area (TPSA) is 125 Å². The second kappa shape index (κ2) is 7.43. The summed E-state index contributed by atoms with van der Waals surface area (Å²) in [6.07, 6.45) is 5.04. The van der Waals surface area contributed by atoms with Crippen LogP contribution in [0.2, 0.25) is 5.15 Å². The van der Waals surface area contributed by atoms with E-state index in [0.717, 1.165) is 5.39 Å². The Morgan fingerprint density at radius 3 is 2.76 bits per heavy atom. The Kier molecular flexibility index (Phi) is 5.72. The van der Waals surface area contributed by atoms with Gasteiger partial charge in [0.2, 0.25) is 5.88 Å². The van der Waals surface area contributed by atoms with Crippen molar-refractivity contribution in [3.63, 3.8) is 0 Å². The third kappa shape index (κ3) is 4.94. The Morgan fingerprint density at radius 1 is 1.40 bits per heavy atom. The van der Waals surface area contributed by atoms with Gasteiger partial charge in [-0.3, -0.25) is 8.99 Å². The molecule has 0 bridgehead atoms. The number of fused-ring (bicyclic) bond motifs is 1. The lowest BCUT2D eigenvalue weighted by Gasteiger charge is -2.21. The maximum atomic E-state index is 11.4. The molecule has 10 heteroatoms. The van der Waals surface area contributed by atoms with E-state index in [0.29, 0.717) is 28.4 Å². The summed E-state index contributed by atoms with van der Waals surface area (Å²) in [6, 6.07) is 1.68. The average Bonchev–Trinajstić information content (AvgIpc) is 2.49. The van der Waals surface area contributed by atoms with Crippen molar-refractivity contribution < 1.29 is 8.95 Å². The van der Waals surface area contributed by atoms with Crippen LogP contribution in [-0.2, 0) is 15.3 Å². The fraction of sp³-hybridized carbons (Fsp3) is 0.467. The van der Waals surface area contributed by atoms with Crippen LogP contribution < -0.4 is 4.74 Å². The standard InChI is InChI=1S/C15H19ClN6O2S/c1-15(2,21-22-17)12-9-20-14(24-5-4-6-25(3,18)23)11-8-19-13(16)7-10(11)12/h7-9,18H,4-6H2,1-3H3/t25-/m0/s1. The summed E-state index contributed by atoms with van der Waals surface area (Å²) in [5.74, 6) is 0.629. The Bertz CT molecular complexity index is 938. The van der Waals surface area contributed by atoms with Gasteiger partial charge in [-0.15, -0.1) is 0 Å². The van der Waals surface area contributed by atoms with Crippen molar-refractivity contribution in [2.75, 3.05) is 18.6 Å². The molecule has 0 amide bonds. The van der Waals surface area contributed by atoms with Crippen LogP contribution in [0, 0.1) is 4.78 Å². The third-order valence-corrected chi connectivity index (χ3v) is 4.85. The molecule has 8 nitrogen and oxygen atoms in total. The van der Waals surface area contributed by atoms with Crippen molar-refractivity contribution in [1.82, 2.24) is 9.97 Å². The SMILES string of the molecule is CC(C)(N=[N+]=[N-])c1cnc(OCCC[S@@](C)(=N)=O)c2cnc(Cl)cc12. The van der Waals surface area contributed by atoms with Crippen LogP contribution in [-0.4, -0.2) is 32.8 Å². The normalized spacial score (nSPS) is 13.9. The second-order valence-electron chi connectivity index (χ2n) is 6.19. The van der Waals surface area contributed by atoms with E-state index in [-0.39, 0.29) is 12.4 Å². The van der Waals surface area contributed by atoms with Crippen LogP contribution >= 0.6 is 11.6 Å². The zero-order valence-electron chi connectivity index (χ0n) is 14.2. The fourth-order valence-corrected chi connectivity index (χ4v) is 3.18. The molecule has 0 fully saturated rings. The van der Waals surface area contributed by atoms with Crippen molar-refractivity contribution in [2.24, 2.45) is 5.11 Å². The number of ether oxygens (including phenoxy) is 1. The van der Waals surface area contributed by atoms with Gasteiger partial charge in [0.1, 0.15) is 5.15 Å². The average molecular weight is 383 g/mol. The first-order valence-electron chi connectivity index (χ1n) is 7.49. The quantitative estimate of drug-likeness (QED) is 0.252. The first-order valence-corrected chi connectivity index (χ1v) is 10.0. The number of hydrogen-bond acceptors (Lipinski definition) is 6. The molecular formula is C15H19ClN6O2S. The number of azide groups is 1. The largest absolute Gasteiger partial charge is 0.477 e. The molecule has 0 radical (unpaired) electrons. The predicted octanol–water partition coefficient (Wildman–Crippen LogP) is 4.27. The van der Waals surface area contributed by atoms with Crippen LogP contribution in [0.15, 0.2) is 23.6 Å². The smallest absolute Gasteiger partial charge is 0.222 e. The summed E-state index contributed by atoms with van der Waals surface area (Å²) in [4.78, 5) is 11.3. The Hall–Kier alpha value is -2.09. The molecule has 134 valence electrons. The summed E-state index contributed by atoms with van der Waals surface area (Å²) in [5, 5.41) is 5.51. The lowest BCUT2D eigenvalue weighted by atomic mass is 9.93. The molecule has 0 unspecified atom stereocenters. The van der Waals surface area contributed by atoms with E-state index in [1.807, 2.05) is 0 Å². The van der Waals surface area contributed by atoms with Gasteiger partial charge in [0, 0.05) is 39.0 Å². The first-order chi connectivity index (χ1) is 11.6. The highest BCUT2D eigenvalue weighted by Gasteiger charge is 2.23. The Labute approximate surface area is 151 Å². The van der Waals surface area contributed by atoms with Crippen molar-refractivity contribution in [3.05, 3.63) is 39.6 Å². The number of halogens is 1. The van der Waals surface area contributed by atoms with Crippen molar-refractivity contribution in [1.29, 1.82) is 4.78 Å². The lowest BCUT2D eigenvalue weighted by Crippen LogP contribution is -2.14. The van der Waals surface area contributed by atoms with Gasteiger partial charge < -0.3 is 4.74 Å². The molecular weight excluding hydrogens is 364 g/mol. The van der Waals surface area contributed by atoms with Gasteiger partial charge in [-0.25, -0.2) is 9.97 Å². The number of hydrogen-bond donors (Lipinski definition) is 1. The maximum Gasteiger partial charge on any atom is 0.222 e. The molecule has 1 N–H and O–H groups in total. The molecule has 0 saturated carbocycles. The predicted molar refractivity (Wildman–Crippen MR) is 98.5 cm³/mol. The number of nitrogens with one attached hydrogen (secondary N) is 1. The molecule has 0 aliphatic rings. The van der Waals surface area contributed by atoms with E-state index >= 15 is 0 Å². The Balaban J connectivity index is 2.40. The van der Waals surface area contributed by atoms with E-state index < -0.39 is 15.3 Å². The molecule has 0 spiro atoms. The van der Waals surface area contributed by atoms with Crippen LogP contribution in [0.1, 0.15) is 25.8 Å². The zero-order chi connectivity index (χ0) is 18.7. The van der Waals surface area contributed by atoms with Gasteiger partial charge in [0.05, 0.1) is 17.5 Å². The molecule has 2 aromatic heterocycles. The second-order valence-corrected chi connectivity index (χ2v) is 8.99. The lowest BCUT2D eigenvalue weighted by molar-refractivity contribution is 0.309. The number of rotatable bonds is 7. The van der Waals surface area contributed by atoms with E-state index in [4.69, 9.17) is 26.6 Å². The highest BCUT2D eigenvalue weighted by Crippen LogP contribution is 2.35. The third-order valence-electron chi connectivity index (χ3n) is 3.57. The summed E-state index contributed by atoms with van der Waals surface area (Å²) in [6.45, 7) is 3.85. The molecule has 0 aromatic carbocycles. The monoisotopic (exact) mass is 382 g/mol. The molecule has 2 rings (SSSR count). The van der Waals surface area contributed by atoms with Crippen molar-refractivity contribution in [3.8, 4) is 5.88 Å². The van der Waals surface area contributed by atoms with Crippen LogP contribution in [0.3, 0.4) is 0 Å². The van der Waals surface area contributed by atoms with Crippen LogP contribution in [0.25, 0.3) is 21.2 Å². The number of aromatic nitrogens is 2. The van der Waals surface area contributed by atoms with E-state index in [1.165, 1.54) is 6.26 Å². The minimum Gasteiger partial charge on any atom is -0.477 e. The highest BCUT2D eigenvalue weighted by molar-refractivity contribution is 7.91. The molecule has 0 aliphatic carbocycles. The van der Waals surface area contributed by atoms with E-state index in [9.17, 15) is 4.21 Å². The molecule has 25 heavy (non-hydrogen) atoms. The van der Waals surface area contributed by atoms with Crippen LogP contribution in [0.5, 0.6) is 5.88 Å². The van der Waals surface area contributed by atoms with Gasteiger partial charge >= 0.3 is 0 Å². The summed E-state index contributed by atoms with van der Waals surface area (Å²) in [7, 11) is -2.54. The molecule has 2 heterocycles. The molecule has 1 atom stereocenters. The number of nitrogens with zero attached hydrogens (tertiary/aromatic N) is 5. The van der Waals surface area contributed by atoms with E-state index in [1.54, 1.807) is 32.3 Å². The van der Waals surface area contributed by atoms with Crippen LogP contribution in [0.4, 0.5) is 0 Å². The number of pyridine rings is 2. The van der Waals surface area contributed by atoms with E-state index in [2.05, 4.69) is 20.0 Å². The summed E-state index contributed by atoms with van der Waals surface area (Å²) < 4.78 is 24.5. The van der Waals surface area contributed by atoms with Crippen molar-refractivity contribution >= 4 is 32.1 Å². The van der Waals surface area contributed by atoms with Gasteiger partial charge in [-0.05, 0) is 29.0 Å². The highest BCUT2D eigenvalue weighted by atomic mass is 35.5. The molecule has 0 saturated heterocycles. The summed E-state index contributed by atoms with van der Waals surface area (Å²) in [5.41, 5.74) is 8.68. The summed E-state index contributed by atoms with van der Waals surface area (Å²) >= 11 is 6.02. The minimum atomic E-state index is -2.54. The fourth-order valence-electron chi connectivity index (χ4n) is 2.36. The van der Waals surface area contributed by atoms with Gasteiger partial charge in [0.25, 0.3) is 0 Å². The minimum absolute atomic E-state index is 0.261. The Morgan fingerprint density at radius 2 is 2.12 bits per heavy atom. The van der Waals surface area contributed by atoms with Gasteiger partial charge in [-0.2, -0.15) is 0 Å². The maximum absolute atomic E-state index is 11.4.